The summed E-state index contributed by atoms with van der Waals surface area (Å²) in [6, 6.07) is 75.7. The molecular formula is C96H103NO24. The summed E-state index contributed by atoms with van der Waals surface area (Å²) in [5.74, 6) is -2.48. The number of amides is 2. The summed E-state index contributed by atoms with van der Waals surface area (Å²) >= 11 is 0. The minimum atomic E-state index is -1.75. The number of rotatable bonds is 44. The monoisotopic (exact) mass is 1650 g/mol. The molecule has 0 saturated carbocycles. The zero-order valence-corrected chi connectivity index (χ0v) is 68.2. The molecule has 0 radical (unpaired) electrons. The van der Waals surface area contributed by atoms with Crippen LogP contribution in [-0.4, -0.2) is 180 Å². The predicted molar refractivity (Wildman–Crippen MR) is 440 cm³/mol. The van der Waals surface area contributed by atoms with Crippen LogP contribution in [0.1, 0.15) is 115 Å². The standard InChI is InChI=1S/C96H103NO24/c1-64(98)43-52-81(100)120-85-79(63-115-95-89(114-58-69-36-20-9-21-37-69)87(112-57-68-34-18-8-19-35-68)84(110-55-66-30-14-6-15-31-66)77(118-95)61-107-54-65-28-12-5-13-29-65)119-96(90(121-93(103)72-38-22-10-23-39-72)88(85)113-60-71-46-50-74(105-3)51-47-71)116-62-78-83(109-59-70-44-48-73(104-2)49-45-70)86(111-56-67-32-16-7-17-33-67)82(94(117-78)108-53-27-11-24-42-80(99)106-4)97-91(101)75-40-25-26-41-76(75)92(97)102/h5-10,12-23,25-26,28-41,44-51,77-79,82-90,94-96H,11,24,27,42-43,52-63H2,1-4H3/t77-,78-,79-,82-,83-,84+,85+,86-,87+,88+,89-,90-,94-,95-,96-/m1/s1. The molecule has 3 saturated heterocycles. The average Bonchev–Trinajstić information content (AvgIpc) is 1.22. The van der Waals surface area contributed by atoms with E-state index in [0.717, 1.165) is 32.7 Å². The Morgan fingerprint density at radius 2 is 0.719 bits per heavy atom. The van der Waals surface area contributed by atoms with Crippen molar-refractivity contribution in [1.29, 1.82) is 0 Å². The van der Waals surface area contributed by atoms with Gasteiger partial charge in [0.15, 0.2) is 31.1 Å². The molecule has 25 heteroatoms. The van der Waals surface area contributed by atoms with E-state index in [-0.39, 0.29) is 107 Å². The zero-order chi connectivity index (χ0) is 84.1. The highest BCUT2D eigenvalue weighted by Gasteiger charge is 2.58. The van der Waals surface area contributed by atoms with Crippen LogP contribution in [0.4, 0.5) is 0 Å². The SMILES string of the molecule is COC(=O)CCCCCO[C@@H]1O[C@H](CO[C@@H]2O[C@H](CO[C@@H]3O[C@H](COCc4ccccc4)[C@H](OCc4ccccc4)[C@H](OCc4ccccc4)[C@H]3OCc3ccccc3)[C@H](OC(=O)CCC(C)=O)[C@H](OCc3ccc(OC)cc3)[C@H]2OC(=O)c2ccccc2)[C@@H](OCc2ccc(OC)cc2)[C@H](OCc2ccccc2)[C@H]1N1C(=O)c2ccccc2C1=O. The smallest absolute Gasteiger partial charge is 0.338 e. The number of methoxy groups -OCH3 is 3. The molecule has 0 N–H and O–H groups in total. The van der Waals surface area contributed by atoms with Gasteiger partial charge in [-0.05, 0) is 107 Å². The third-order valence-electron chi connectivity index (χ3n) is 21.2. The van der Waals surface area contributed by atoms with Crippen molar-refractivity contribution in [2.24, 2.45) is 0 Å². The van der Waals surface area contributed by atoms with E-state index in [9.17, 15) is 14.4 Å². The van der Waals surface area contributed by atoms with Crippen molar-refractivity contribution in [1.82, 2.24) is 4.90 Å². The van der Waals surface area contributed by atoms with Crippen LogP contribution >= 0.6 is 0 Å². The predicted octanol–water partition coefficient (Wildman–Crippen LogP) is 13.9. The van der Waals surface area contributed by atoms with Crippen molar-refractivity contribution in [2.75, 3.05) is 47.8 Å². The van der Waals surface area contributed by atoms with E-state index in [4.69, 9.17) is 85.3 Å². The number of benzene rings is 9. The number of hydrogen-bond acceptors (Lipinski definition) is 24. The first-order valence-electron chi connectivity index (χ1n) is 40.8. The largest absolute Gasteiger partial charge is 0.497 e. The molecule has 4 aliphatic rings. The summed E-state index contributed by atoms with van der Waals surface area (Å²) in [5.41, 5.74) is 5.90. The quantitative estimate of drug-likeness (QED) is 0.0148. The van der Waals surface area contributed by atoms with Gasteiger partial charge in [-0.1, -0.05) is 213 Å². The maximum atomic E-state index is 15.2. The maximum absolute atomic E-state index is 15.2. The fourth-order valence-electron chi connectivity index (χ4n) is 14.9. The second-order valence-electron chi connectivity index (χ2n) is 29.8. The van der Waals surface area contributed by atoms with Gasteiger partial charge in [-0.15, -0.1) is 0 Å². The summed E-state index contributed by atoms with van der Waals surface area (Å²) in [6.45, 7) is 0.347. The van der Waals surface area contributed by atoms with E-state index in [1.807, 2.05) is 164 Å². The molecule has 2 amide bonds. The lowest BCUT2D eigenvalue weighted by molar-refractivity contribution is -0.352. The zero-order valence-electron chi connectivity index (χ0n) is 68.2. The second-order valence-corrected chi connectivity index (χ2v) is 29.8. The Bertz CT molecular complexity index is 4660. The molecule has 0 unspecified atom stereocenters. The molecule has 4 aliphatic heterocycles. The van der Waals surface area contributed by atoms with Crippen LogP contribution in [0.2, 0.25) is 0 Å². The topological polar surface area (TPSA) is 272 Å². The number of carbonyl (C=O) groups excluding carboxylic acids is 6. The molecule has 0 bridgehead atoms. The lowest BCUT2D eigenvalue weighted by Gasteiger charge is -2.49. The lowest BCUT2D eigenvalue weighted by Crippen LogP contribution is -2.67. The van der Waals surface area contributed by atoms with E-state index >= 15 is 14.4 Å². The lowest BCUT2D eigenvalue weighted by atomic mass is 9.94. The van der Waals surface area contributed by atoms with E-state index in [1.165, 1.54) is 14.0 Å². The number of unbranched alkanes of at least 4 members (excludes halogenated alkanes) is 2. The van der Waals surface area contributed by atoms with Crippen molar-refractivity contribution >= 4 is 35.5 Å². The highest BCUT2D eigenvalue weighted by molar-refractivity contribution is 6.21. The van der Waals surface area contributed by atoms with Gasteiger partial charge in [0.05, 0.1) is 111 Å². The summed E-state index contributed by atoms with van der Waals surface area (Å²) < 4.78 is 122. The van der Waals surface area contributed by atoms with Crippen LogP contribution in [0.15, 0.2) is 255 Å². The average molecular weight is 1650 g/mol. The van der Waals surface area contributed by atoms with Crippen LogP contribution < -0.4 is 9.47 Å². The third kappa shape index (κ3) is 24.6. The molecule has 15 atom stereocenters. The molecule has 13 rings (SSSR count). The number of ether oxygens (including phenoxy) is 18. The van der Waals surface area contributed by atoms with Crippen LogP contribution in [0, 0.1) is 0 Å². The first-order chi connectivity index (χ1) is 59.3. The molecule has 0 spiro atoms. The molecule has 0 aliphatic carbocycles. The number of Topliss-reactive ketones (excluding diaryl/α,β-unsaturated/α-hetero) is 1. The Morgan fingerprint density at radius 1 is 0.331 bits per heavy atom. The van der Waals surface area contributed by atoms with Gasteiger partial charge in [-0.3, -0.25) is 24.1 Å². The summed E-state index contributed by atoms with van der Waals surface area (Å²) in [7, 11) is 4.43. The van der Waals surface area contributed by atoms with E-state index in [2.05, 4.69) is 0 Å². The van der Waals surface area contributed by atoms with Crippen molar-refractivity contribution in [3.05, 3.63) is 310 Å². The van der Waals surface area contributed by atoms with Gasteiger partial charge in [0.2, 0.25) is 0 Å². The number of hydrogen-bond donors (Lipinski definition) is 0. The molecule has 4 heterocycles. The normalized spacial score (nSPS) is 23.2. The molecule has 636 valence electrons. The van der Waals surface area contributed by atoms with Gasteiger partial charge in [0.25, 0.3) is 11.8 Å². The Labute approximate surface area is 704 Å². The highest BCUT2D eigenvalue weighted by atomic mass is 16.8. The van der Waals surface area contributed by atoms with E-state index in [0.29, 0.717) is 41.9 Å². The van der Waals surface area contributed by atoms with Crippen LogP contribution in [0.3, 0.4) is 0 Å². The molecule has 121 heavy (non-hydrogen) atoms. The molecule has 9 aromatic carbocycles. The van der Waals surface area contributed by atoms with Crippen LogP contribution in [0.5, 0.6) is 11.5 Å². The van der Waals surface area contributed by atoms with E-state index in [1.54, 1.807) is 105 Å². The highest BCUT2D eigenvalue weighted by Crippen LogP contribution is 2.40. The van der Waals surface area contributed by atoms with Crippen molar-refractivity contribution < 1.29 is 114 Å². The Balaban J connectivity index is 0.924. The van der Waals surface area contributed by atoms with Crippen LogP contribution in [0.25, 0.3) is 0 Å². The minimum absolute atomic E-state index is 0.00187. The first kappa shape index (κ1) is 88.1. The van der Waals surface area contributed by atoms with Crippen LogP contribution in [-0.2, 0) is 136 Å². The number of ketones is 1. The number of carbonyl (C=O) groups is 6. The van der Waals surface area contributed by atoms with Gasteiger partial charge in [0.1, 0.15) is 78.3 Å². The number of nitrogens with zero attached hydrogens (tertiary/aromatic N) is 1. The molecule has 9 aromatic rings. The Kier molecular flexibility index (Phi) is 32.9. The number of esters is 3. The minimum Gasteiger partial charge on any atom is -0.497 e. The molecule has 25 nitrogen and oxygen atoms in total. The Morgan fingerprint density at radius 3 is 1.19 bits per heavy atom. The summed E-state index contributed by atoms with van der Waals surface area (Å²) in [5, 5.41) is 0. The van der Waals surface area contributed by atoms with Crippen molar-refractivity contribution in [3.63, 3.8) is 0 Å². The van der Waals surface area contributed by atoms with Gasteiger partial charge >= 0.3 is 17.9 Å². The van der Waals surface area contributed by atoms with Gasteiger partial charge in [0, 0.05) is 19.4 Å². The Hall–Kier alpha value is -10.7. The molecular weight excluding hydrogens is 1550 g/mol. The van der Waals surface area contributed by atoms with E-state index < -0.39 is 129 Å². The third-order valence-corrected chi connectivity index (χ3v) is 21.2. The fourth-order valence-corrected chi connectivity index (χ4v) is 14.9. The summed E-state index contributed by atoms with van der Waals surface area (Å²) in [4.78, 5) is 86.6. The van der Waals surface area contributed by atoms with Crippen molar-refractivity contribution in [3.8, 4) is 11.5 Å². The molecule has 0 aromatic heterocycles. The number of imide groups is 1. The summed E-state index contributed by atoms with van der Waals surface area (Å²) in [6.07, 6.45) is -17.8. The second kappa shape index (κ2) is 45.2. The number of fused-ring (bicyclic) bond motifs is 1. The van der Waals surface area contributed by atoms with Gasteiger partial charge in [-0.2, -0.15) is 0 Å². The van der Waals surface area contributed by atoms with Crippen molar-refractivity contribution in [2.45, 2.75) is 184 Å². The molecule has 3 fully saturated rings. The fraction of sp³-hybridized carbons (Fsp3) is 0.375. The van der Waals surface area contributed by atoms with Gasteiger partial charge < -0.3 is 90.1 Å². The van der Waals surface area contributed by atoms with Gasteiger partial charge in [-0.25, -0.2) is 4.79 Å². The first-order valence-corrected chi connectivity index (χ1v) is 40.8. The maximum Gasteiger partial charge on any atom is 0.338 e.